The topological polar surface area (TPSA) is 38.7 Å². The molecule has 1 N–H and O–H groups in total. The Kier molecular flexibility index (Phi) is 2.07. The molecule has 2 rings (SSSR count). The number of rotatable bonds is 1. The van der Waals surface area contributed by atoms with E-state index in [1.54, 1.807) is 0 Å². The summed E-state index contributed by atoms with van der Waals surface area (Å²) in [5.74, 6) is -1.27. The van der Waals surface area contributed by atoms with Gasteiger partial charge in [0.25, 0.3) is 0 Å². The van der Waals surface area contributed by atoms with E-state index in [4.69, 9.17) is 9.47 Å². The van der Waals surface area contributed by atoms with Crippen molar-refractivity contribution in [1.82, 2.24) is 0 Å². The van der Waals surface area contributed by atoms with E-state index >= 15 is 0 Å². The lowest BCUT2D eigenvalue weighted by molar-refractivity contribution is -0.237. The maximum atomic E-state index is 9.98. The van der Waals surface area contributed by atoms with Gasteiger partial charge in [0.1, 0.15) is 6.61 Å². The van der Waals surface area contributed by atoms with Gasteiger partial charge in [-0.1, -0.05) is 24.3 Å². The van der Waals surface area contributed by atoms with Gasteiger partial charge in [0.05, 0.1) is 6.61 Å². The van der Waals surface area contributed by atoms with E-state index in [1.165, 1.54) is 7.11 Å². The van der Waals surface area contributed by atoms with Crippen LogP contribution in [0.15, 0.2) is 24.3 Å². The van der Waals surface area contributed by atoms with Gasteiger partial charge in [-0.05, 0) is 5.56 Å². The molecule has 0 spiro atoms. The van der Waals surface area contributed by atoms with Crippen molar-refractivity contribution < 1.29 is 14.6 Å². The molecule has 0 saturated heterocycles. The van der Waals surface area contributed by atoms with Crippen LogP contribution in [-0.2, 0) is 21.9 Å². The second-order valence-corrected chi connectivity index (χ2v) is 3.14. The largest absolute Gasteiger partial charge is 0.371 e. The molecule has 0 radical (unpaired) electrons. The molecular formula is C10H12O3. The summed E-state index contributed by atoms with van der Waals surface area (Å²) < 4.78 is 10.3. The van der Waals surface area contributed by atoms with E-state index in [0.29, 0.717) is 6.61 Å². The van der Waals surface area contributed by atoms with Crippen LogP contribution in [0.5, 0.6) is 0 Å². The minimum Gasteiger partial charge on any atom is -0.371 e. The molecule has 0 aromatic heterocycles. The molecule has 0 saturated carbocycles. The summed E-state index contributed by atoms with van der Waals surface area (Å²) in [5.41, 5.74) is 1.79. The minimum atomic E-state index is -1.27. The average molecular weight is 180 g/mol. The Morgan fingerprint density at radius 3 is 3.00 bits per heavy atom. The van der Waals surface area contributed by atoms with E-state index in [-0.39, 0.29) is 6.61 Å². The first-order valence-electron chi connectivity index (χ1n) is 4.20. The number of benzene rings is 1. The summed E-state index contributed by atoms with van der Waals surface area (Å²) in [4.78, 5) is 0. The van der Waals surface area contributed by atoms with Crippen molar-refractivity contribution >= 4 is 0 Å². The highest BCUT2D eigenvalue weighted by Gasteiger charge is 2.34. The summed E-state index contributed by atoms with van der Waals surface area (Å²) in [5, 5.41) is 9.98. The van der Waals surface area contributed by atoms with Crippen molar-refractivity contribution in [3.63, 3.8) is 0 Å². The lowest BCUT2D eigenvalue weighted by atomic mass is 9.98. The minimum absolute atomic E-state index is 0.195. The lowest BCUT2D eigenvalue weighted by Crippen LogP contribution is -2.37. The van der Waals surface area contributed by atoms with Crippen LogP contribution in [0.1, 0.15) is 11.1 Å². The number of hydrogen-bond donors (Lipinski definition) is 1. The smallest absolute Gasteiger partial charge is 0.216 e. The first-order chi connectivity index (χ1) is 6.26. The Labute approximate surface area is 76.9 Å². The summed E-state index contributed by atoms with van der Waals surface area (Å²) >= 11 is 0. The zero-order valence-electron chi connectivity index (χ0n) is 7.49. The molecule has 1 aromatic carbocycles. The van der Waals surface area contributed by atoms with Gasteiger partial charge in [-0.25, -0.2) is 0 Å². The van der Waals surface area contributed by atoms with Gasteiger partial charge in [0, 0.05) is 12.7 Å². The van der Waals surface area contributed by atoms with Crippen molar-refractivity contribution in [3.8, 4) is 0 Å². The second kappa shape index (κ2) is 3.10. The molecule has 3 heteroatoms. The van der Waals surface area contributed by atoms with Gasteiger partial charge in [-0.2, -0.15) is 0 Å². The third-order valence-electron chi connectivity index (χ3n) is 2.33. The summed E-state index contributed by atoms with van der Waals surface area (Å²) in [6.45, 7) is 0.738. The van der Waals surface area contributed by atoms with Gasteiger partial charge in [0.15, 0.2) is 0 Å². The molecule has 0 fully saturated rings. The quantitative estimate of drug-likeness (QED) is 0.655. The Bertz CT molecular complexity index is 311. The molecule has 0 bridgehead atoms. The van der Waals surface area contributed by atoms with Crippen LogP contribution in [0.2, 0.25) is 0 Å². The molecule has 70 valence electrons. The number of aliphatic hydroxyl groups is 1. The van der Waals surface area contributed by atoms with E-state index in [1.807, 2.05) is 24.3 Å². The van der Waals surface area contributed by atoms with Crippen LogP contribution in [0.3, 0.4) is 0 Å². The monoisotopic (exact) mass is 180 g/mol. The SMILES string of the molecule is COC1(O)COCc2ccccc21. The predicted octanol–water partition coefficient (Wildman–Crippen LogP) is 1.01. The zero-order valence-corrected chi connectivity index (χ0v) is 7.49. The molecule has 1 aliphatic rings. The highest BCUT2D eigenvalue weighted by Crippen LogP contribution is 2.30. The van der Waals surface area contributed by atoms with E-state index < -0.39 is 5.79 Å². The molecule has 1 aliphatic heterocycles. The normalized spacial score (nSPS) is 26.9. The Morgan fingerprint density at radius 1 is 1.46 bits per heavy atom. The highest BCUT2D eigenvalue weighted by atomic mass is 16.6. The zero-order chi connectivity index (χ0) is 9.31. The molecule has 0 aliphatic carbocycles. The maximum Gasteiger partial charge on any atom is 0.216 e. The Hall–Kier alpha value is -0.900. The molecular weight excluding hydrogens is 168 g/mol. The number of ether oxygens (including phenoxy) is 2. The van der Waals surface area contributed by atoms with Gasteiger partial charge in [-0.3, -0.25) is 0 Å². The number of hydrogen-bond acceptors (Lipinski definition) is 3. The first kappa shape index (κ1) is 8.69. The van der Waals surface area contributed by atoms with Gasteiger partial charge in [-0.15, -0.1) is 0 Å². The number of fused-ring (bicyclic) bond motifs is 1. The summed E-state index contributed by atoms with van der Waals surface area (Å²) in [6.07, 6.45) is 0. The molecule has 13 heavy (non-hydrogen) atoms. The van der Waals surface area contributed by atoms with Crippen LogP contribution in [0.25, 0.3) is 0 Å². The molecule has 1 atom stereocenters. The van der Waals surface area contributed by atoms with Gasteiger partial charge >= 0.3 is 0 Å². The summed E-state index contributed by atoms with van der Waals surface area (Å²) in [6, 6.07) is 7.59. The van der Waals surface area contributed by atoms with Crippen LogP contribution in [0, 0.1) is 0 Å². The molecule has 1 unspecified atom stereocenters. The van der Waals surface area contributed by atoms with Crippen LogP contribution in [-0.4, -0.2) is 18.8 Å². The maximum absolute atomic E-state index is 9.98. The van der Waals surface area contributed by atoms with Crippen LogP contribution in [0.4, 0.5) is 0 Å². The standard InChI is InChI=1S/C10H12O3/c1-12-10(11)7-13-6-8-4-2-3-5-9(8)10/h2-5,11H,6-7H2,1H3. The number of methoxy groups -OCH3 is 1. The Balaban J connectivity index is 2.48. The van der Waals surface area contributed by atoms with E-state index in [2.05, 4.69) is 0 Å². The van der Waals surface area contributed by atoms with E-state index in [9.17, 15) is 5.11 Å². The lowest BCUT2D eigenvalue weighted by Gasteiger charge is -2.32. The molecule has 1 aromatic rings. The fourth-order valence-corrected chi connectivity index (χ4v) is 1.57. The Morgan fingerprint density at radius 2 is 2.23 bits per heavy atom. The van der Waals surface area contributed by atoms with E-state index in [0.717, 1.165) is 11.1 Å². The summed E-state index contributed by atoms with van der Waals surface area (Å²) in [7, 11) is 1.48. The second-order valence-electron chi connectivity index (χ2n) is 3.14. The van der Waals surface area contributed by atoms with Crippen LogP contribution < -0.4 is 0 Å². The van der Waals surface area contributed by atoms with Crippen molar-refractivity contribution in [1.29, 1.82) is 0 Å². The highest BCUT2D eigenvalue weighted by molar-refractivity contribution is 5.31. The molecule has 3 nitrogen and oxygen atoms in total. The van der Waals surface area contributed by atoms with Crippen molar-refractivity contribution in [2.24, 2.45) is 0 Å². The van der Waals surface area contributed by atoms with Crippen molar-refractivity contribution in [2.75, 3.05) is 13.7 Å². The van der Waals surface area contributed by atoms with Gasteiger partial charge in [0.2, 0.25) is 5.79 Å². The third kappa shape index (κ3) is 1.35. The molecule has 0 amide bonds. The third-order valence-corrected chi connectivity index (χ3v) is 2.33. The van der Waals surface area contributed by atoms with Gasteiger partial charge < -0.3 is 14.6 Å². The van der Waals surface area contributed by atoms with Crippen molar-refractivity contribution in [3.05, 3.63) is 35.4 Å². The van der Waals surface area contributed by atoms with Crippen molar-refractivity contribution in [2.45, 2.75) is 12.4 Å². The first-order valence-corrected chi connectivity index (χ1v) is 4.20. The molecule has 1 heterocycles. The van der Waals surface area contributed by atoms with Crippen LogP contribution >= 0.6 is 0 Å². The fourth-order valence-electron chi connectivity index (χ4n) is 1.57. The average Bonchev–Trinajstić information content (AvgIpc) is 2.19. The fraction of sp³-hybridized carbons (Fsp3) is 0.400. The predicted molar refractivity (Wildman–Crippen MR) is 47.0 cm³/mol.